The molecule has 0 saturated carbocycles. The highest BCUT2D eigenvalue weighted by Gasteiger charge is 2.24. The molecule has 8 heteroatoms. The van der Waals surface area contributed by atoms with Gasteiger partial charge in [0.1, 0.15) is 17.1 Å². The third kappa shape index (κ3) is 5.53. The van der Waals surface area contributed by atoms with Gasteiger partial charge in [-0.1, -0.05) is 30.3 Å². The number of guanidine groups is 1. The summed E-state index contributed by atoms with van der Waals surface area (Å²) in [6, 6.07) is 17.6. The van der Waals surface area contributed by atoms with E-state index in [2.05, 4.69) is 21.7 Å². The van der Waals surface area contributed by atoms with E-state index in [9.17, 15) is 4.79 Å². The highest BCUT2D eigenvalue weighted by Crippen LogP contribution is 2.31. The number of anilines is 1. The number of hydrogen-bond donors (Lipinski definition) is 2. The summed E-state index contributed by atoms with van der Waals surface area (Å²) in [5.41, 5.74) is 1.70. The molecule has 4 rings (SSSR count). The van der Waals surface area contributed by atoms with Crippen LogP contribution in [-0.2, 0) is 4.79 Å². The van der Waals surface area contributed by atoms with Gasteiger partial charge in [0, 0.05) is 25.0 Å². The number of ether oxygens (including phenoxy) is 1. The minimum Gasteiger partial charge on any atom is -0.482 e. The third-order valence-electron chi connectivity index (χ3n) is 5.19. The second-order valence-corrected chi connectivity index (χ2v) is 7.47. The number of nitrogens with zero attached hydrogens (tertiary/aromatic N) is 2. The first-order valence-electron chi connectivity index (χ1n) is 10.7. The molecule has 1 aliphatic rings. The molecule has 2 aromatic carbocycles. The zero-order valence-electron chi connectivity index (χ0n) is 18.3. The van der Waals surface area contributed by atoms with Gasteiger partial charge in [-0.15, -0.1) is 24.0 Å². The SMILES string of the molecule is CCNC(=NCCCN1C(=O)COc2ccccc21)NC(C)c1cc2ccccc2o1.I. The predicted octanol–water partition coefficient (Wildman–Crippen LogP) is 4.48. The number of nitrogens with one attached hydrogen (secondary N) is 2. The van der Waals surface area contributed by atoms with Crippen LogP contribution in [0.25, 0.3) is 11.0 Å². The fraction of sp³-hybridized carbons (Fsp3) is 0.333. The topological polar surface area (TPSA) is 79.1 Å². The molecule has 0 bridgehead atoms. The van der Waals surface area contributed by atoms with E-state index in [1.807, 2.05) is 62.4 Å². The van der Waals surface area contributed by atoms with Crippen LogP contribution in [0.4, 0.5) is 5.69 Å². The Hall–Kier alpha value is -2.75. The normalized spacial score (nSPS) is 14.4. The highest BCUT2D eigenvalue weighted by atomic mass is 127. The maximum absolute atomic E-state index is 12.3. The van der Waals surface area contributed by atoms with E-state index in [4.69, 9.17) is 9.15 Å². The van der Waals surface area contributed by atoms with Gasteiger partial charge >= 0.3 is 0 Å². The largest absolute Gasteiger partial charge is 0.482 e. The first kappa shape index (κ1) is 23.9. The quantitative estimate of drug-likeness (QED) is 0.197. The van der Waals surface area contributed by atoms with Gasteiger partial charge in [0.2, 0.25) is 0 Å². The van der Waals surface area contributed by atoms with E-state index < -0.39 is 0 Å². The third-order valence-corrected chi connectivity index (χ3v) is 5.19. The number of benzene rings is 2. The standard InChI is InChI=1S/C24H28N4O3.HI/c1-3-25-24(27-17(2)22-15-18-9-4-6-11-20(18)31-22)26-13-8-14-28-19-10-5-7-12-21(19)30-16-23(28)29;/h4-7,9-12,15,17H,3,8,13-14,16H2,1-2H3,(H2,25,26,27);1H. The van der Waals surface area contributed by atoms with Gasteiger partial charge < -0.3 is 24.7 Å². The fourth-order valence-electron chi connectivity index (χ4n) is 3.63. The van der Waals surface area contributed by atoms with Crippen molar-refractivity contribution in [1.29, 1.82) is 0 Å². The van der Waals surface area contributed by atoms with Crippen LogP contribution in [-0.4, -0.2) is 38.1 Å². The second kappa shape index (κ2) is 11.2. The Morgan fingerprint density at radius 3 is 2.78 bits per heavy atom. The number of para-hydroxylation sites is 3. The molecular formula is C24H29IN4O3. The van der Waals surface area contributed by atoms with Gasteiger partial charge in [0.25, 0.3) is 5.91 Å². The number of halogens is 1. The molecule has 2 N–H and O–H groups in total. The number of carbonyl (C=O) groups is 1. The summed E-state index contributed by atoms with van der Waals surface area (Å²) in [5.74, 6) is 2.32. The Labute approximate surface area is 205 Å². The monoisotopic (exact) mass is 548 g/mol. The minimum atomic E-state index is -0.0297. The van der Waals surface area contributed by atoms with Gasteiger partial charge in [-0.3, -0.25) is 9.79 Å². The first-order valence-corrected chi connectivity index (χ1v) is 10.7. The van der Waals surface area contributed by atoms with Crippen molar-refractivity contribution in [2.45, 2.75) is 26.3 Å². The molecule has 0 saturated heterocycles. The van der Waals surface area contributed by atoms with E-state index >= 15 is 0 Å². The Bertz CT molecular complexity index is 1050. The number of carbonyl (C=O) groups excluding carboxylic acids is 1. The van der Waals surface area contributed by atoms with Crippen LogP contribution < -0.4 is 20.3 Å². The molecule has 1 unspecified atom stereocenters. The van der Waals surface area contributed by atoms with Crippen molar-refractivity contribution in [3.05, 3.63) is 60.4 Å². The van der Waals surface area contributed by atoms with Gasteiger partial charge in [0.05, 0.1) is 11.7 Å². The summed E-state index contributed by atoms with van der Waals surface area (Å²) in [5, 5.41) is 7.77. The van der Waals surface area contributed by atoms with Gasteiger partial charge in [0.15, 0.2) is 12.6 Å². The average Bonchev–Trinajstić information content (AvgIpc) is 3.22. The van der Waals surface area contributed by atoms with Crippen LogP contribution in [0, 0.1) is 0 Å². The average molecular weight is 548 g/mol. The van der Waals surface area contributed by atoms with Crippen LogP contribution in [0.1, 0.15) is 32.1 Å². The maximum atomic E-state index is 12.3. The molecule has 1 aromatic heterocycles. The van der Waals surface area contributed by atoms with E-state index in [1.54, 1.807) is 4.90 Å². The molecule has 1 amide bonds. The summed E-state index contributed by atoms with van der Waals surface area (Å²) in [7, 11) is 0. The molecule has 1 aliphatic heterocycles. The molecule has 1 atom stereocenters. The van der Waals surface area contributed by atoms with E-state index in [0.717, 1.165) is 47.1 Å². The Kier molecular flexibility index (Phi) is 8.38. The zero-order valence-corrected chi connectivity index (χ0v) is 20.7. The van der Waals surface area contributed by atoms with E-state index in [0.29, 0.717) is 13.1 Å². The number of rotatable bonds is 7. The summed E-state index contributed by atoms with van der Waals surface area (Å²) >= 11 is 0. The summed E-state index contributed by atoms with van der Waals surface area (Å²) in [6.45, 7) is 6.12. The Balaban J connectivity index is 0.00000289. The fourth-order valence-corrected chi connectivity index (χ4v) is 3.63. The summed E-state index contributed by atoms with van der Waals surface area (Å²) < 4.78 is 11.5. The summed E-state index contributed by atoms with van der Waals surface area (Å²) in [4.78, 5) is 18.8. The second-order valence-electron chi connectivity index (χ2n) is 7.47. The highest BCUT2D eigenvalue weighted by molar-refractivity contribution is 14.0. The van der Waals surface area contributed by atoms with Gasteiger partial charge in [-0.05, 0) is 44.5 Å². The van der Waals surface area contributed by atoms with Gasteiger partial charge in [-0.25, -0.2) is 0 Å². The van der Waals surface area contributed by atoms with E-state index in [-0.39, 0.29) is 42.5 Å². The Morgan fingerprint density at radius 1 is 1.19 bits per heavy atom. The lowest BCUT2D eigenvalue weighted by atomic mass is 10.2. The van der Waals surface area contributed by atoms with Crippen LogP contribution in [0.5, 0.6) is 5.75 Å². The molecule has 0 radical (unpaired) electrons. The Morgan fingerprint density at radius 2 is 1.97 bits per heavy atom. The molecule has 170 valence electrons. The zero-order chi connectivity index (χ0) is 21.6. The molecule has 0 aliphatic carbocycles. The van der Waals surface area contributed by atoms with Crippen molar-refractivity contribution in [3.63, 3.8) is 0 Å². The molecule has 0 fully saturated rings. The number of fused-ring (bicyclic) bond motifs is 2. The molecule has 7 nitrogen and oxygen atoms in total. The van der Waals surface area contributed by atoms with Crippen molar-refractivity contribution in [2.75, 3.05) is 31.1 Å². The number of amides is 1. The molecule has 32 heavy (non-hydrogen) atoms. The van der Waals surface area contributed by atoms with Crippen molar-refractivity contribution in [3.8, 4) is 5.75 Å². The van der Waals surface area contributed by atoms with Crippen LogP contribution >= 0.6 is 24.0 Å². The van der Waals surface area contributed by atoms with Crippen molar-refractivity contribution in [1.82, 2.24) is 10.6 Å². The van der Waals surface area contributed by atoms with Crippen LogP contribution in [0.3, 0.4) is 0 Å². The van der Waals surface area contributed by atoms with Crippen molar-refractivity contribution in [2.24, 2.45) is 4.99 Å². The number of furan rings is 1. The minimum absolute atomic E-state index is 0. The van der Waals surface area contributed by atoms with Crippen LogP contribution in [0.2, 0.25) is 0 Å². The van der Waals surface area contributed by atoms with Crippen LogP contribution in [0.15, 0.2) is 64.0 Å². The lowest BCUT2D eigenvalue weighted by Gasteiger charge is -2.29. The molecule has 2 heterocycles. The smallest absolute Gasteiger partial charge is 0.265 e. The maximum Gasteiger partial charge on any atom is 0.265 e. The first-order chi connectivity index (χ1) is 15.2. The van der Waals surface area contributed by atoms with E-state index in [1.165, 1.54) is 0 Å². The lowest BCUT2D eigenvalue weighted by Crippen LogP contribution is -2.40. The molecule has 0 spiro atoms. The summed E-state index contributed by atoms with van der Waals surface area (Å²) in [6.07, 6.45) is 0.746. The molecule has 3 aromatic rings. The number of hydrogen-bond acceptors (Lipinski definition) is 4. The number of aliphatic imine (C=N–C) groups is 1. The van der Waals surface area contributed by atoms with Gasteiger partial charge in [-0.2, -0.15) is 0 Å². The van der Waals surface area contributed by atoms with Crippen molar-refractivity contribution < 1.29 is 13.9 Å². The molecular weight excluding hydrogens is 519 g/mol. The van der Waals surface area contributed by atoms with Crippen molar-refractivity contribution >= 4 is 52.5 Å². The predicted molar refractivity (Wildman–Crippen MR) is 138 cm³/mol. The lowest BCUT2D eigenvalue weighted by molar-refractivity contribution is -0.121.